The van der Waals surface area contributed by atoms with Crippen molar-refractivity contribution < 1.29 is 14.6 Å². The van der Waals surface area contributed by atoms with Crippen molar-refractivity contribution in [1.82, 2.24) is 0 Å². The summed E-state index contributed by atoms with van der Waals surface area (Å²) in [6.07, 6.45) is 26.2. The highest BCUT2D eigenvalue weighted by atomic mass is 32.1. The zero-order valence-corrected chi connectivity index (χ0v) is 32.7. The number of ether oxygens (including phenoxy) is 2. The summed E-state index contributed by atoms with van der Waals surface area (Å²) in [7, 11) is 0. The molecule has 51 heavy (non-hydrogen) atoms. The van der Waals surface area contributed by atoms with Gasteiger partial charge in [-0.15, -0.1) is 11.3 Å². The summed E-state index contributed by atoms with van der Waals surface area (Å²) < 4.78 is 12.3. The molecule has 0 aliphatic heterocycles. The lowest BCUT2D eigenvalue weighted by Gasteiger charge is -2.32. The Morgan fingerprint density at radius 2 is 0.882 bits per heavy atom. The Balaban J connectivity index is 1.34. The quantitative estimate of drug-likeness (QED) is 0.0471. The van der Waals surface area contributed by atoms with Gasteiger partial charge in [0.1, 0.15) is 17.1 Å². The summed E-state index contributed by atoms with van der Waals surface area (Å²) in [6.45, 7) is 6.00. The first-order valence-electron chi connectivity index (χ1n) is 20.5. The lowest BCUT2D eigenvalue weighted by Crippen LogP contribution is -2.29. The molecule has 0 aliphatic carbocycles. The Morgan fingerprint density at radius 3 is 1.29 bits per heavy atom. The van der Waals surface area contributed by atoms with E-state index in [2.05, 4.69) is 43.5 Å². The van der Waals surface area contributed by atoms with Crippen molar-refractivity contribution in [3.8, 4) is 21.9 Å². The molecule has 4 aromatic rings. The lowest BCUT2D eigenvalue weighted by atomic mass is 9.78. The van der Waals surface area contributed by atoms with E-state index in [1.54, 1.807) is 11.3 Å². The van der Waals surface area contributed by atoms with Gasteiger partial charge < -0.3 is 14.6 Å². The Labute approximate surface area is 314 Å². The molecule has 0 spiro atoms. The molecule has 1 heterocycles. The van der Waals surface area contributed by atoms with Gasteiger partial charge in [0, 0.05) is 10.4 Å². The van der Waals surface area contributed by atoms with Crippen LogP contribution in [0.2, 0.25) is 0 Å². The van der Waals surface area contributed by atoms with Crippen LogP contribution in [-0.2, 0) is 5.60 Å². The molecule has 0 bridgehead atoms. The van der Waals surface area contributed by atoms with Gasteiger partial charge >= 0.3 is 0 Å². The van der Waals surface area contributed by atoms with Gasteiger partial charge in [0.15, 0.2) is 0 Å². The first kappa shape index (κ1) is 40.7. The SMILES string of the molecule is CCCCCCCCCCCCOc1ccc(C(O)(c2ccc(OCCCCCCCCCCCC)cc2)c2ccccc2-c2cccs2)cc1. The average molecular weight is 711 g/mol. The molecule has 1 N–H and O–H groups in total. The summed E-state index contributed by atoms with van der Waals surface area (Å²) in [5.41, 5.74) is 2.18. The smallest absolute Gasteiger partial charge is 0.141 e. The van der Waals surface area contributed by atoms with E-state index in [0.29, 0.717) is 0 Å². The van der Waals surface area contributed by atoms with E-state index in [9.17, 15) is 5.11 Å². The molecule has 1 aromatic heterocycles. The lowest BCUT2D eigenvalue weighted by molar-refractivity contribution is 0.126. The fourth-order valence-corrected chi connectivity index (χ4v) is 7.83. The number of hydrogen-bond donors (Lipinski definition) is 1. The fraction of sp³-hybridized carbons (Fsp3) is 0.532. The molecule has 0 aliphatic rings. The van der Waals surface area contributed by atoms with Gasteiger partial charge in [0.05, 0.1) is 13.2 Å². The highest BCUT2D eigenvalue weighted by Crippen LogP contribution is 2.43. The Hall–Kier alpha value is -3.08. The Bertz CT molecular complexity index is 1360. The average Bonchev–Trinajstić information content (AvgIpc) is 3.72. The first-order chi connectivity index (χ1) is 25.2. The topological polar surface area (TPSA) is 38.7 Å². The van der Waals surface area contributed by atoms with Gasteiger partial charge in [-0.1, -0.05) is 184 Å². The van der Waals surface area contributed by atoms with Crippen molar-refractivity contribution in [3.63, 3.8) is 0 Å². The molecular formula is C47H66O3S. The molecule has 278 valence electrons. The number of thiophene rings is 1. The van der Waals surface area contributed by atoms with Crippen molar-refractivity contribution in [3.05, 3.63) is 107 Å². The minimum Gasteiger partial charge on any atom is -0.494 e. The molecule has 0 radical (unpaired) electrons. The van der Waals surface area contributed by atoms with E-state index >= 15 is 0 Å². The molecule has 3 nitrogen and oxygen atoms in total. The number of hydrogen-bond acceptors (Lipinski definition) is 4. The summed E-state index contributed by atoms with van der Waals surface area (Å²) in [6, 6.07) is 28.5. The zero-order valence-electron chi connectivity index (χ0n) is 31.9. The van der Waals surface area contributed by atoms with E-state index in [0.717, 1.165) is 64.7 Å². The molecular weight excluding hydrogens is 645 g/mol. The minimum absolute atomic E-state index is 0.724. The van der Waals surface area contributed by atoms with Crippen molar-refractivity contribution in [2.75, 3.05) is 13.2 Å². The molecule has 4 heteroatoms. The van der Waals surface area contributed by atoms with E-state index < -0.39 is 5.60 Å². The second-order valence-electron chi connectivity index (χ2n) is 14.3. The van der Waals surface area contributed by atoms with Crippen LogP contribution in [0.25, 0.3) is 10.4 Å². The molecule has 0 atom stereocenters. The van der Waals surface area contributed by atoms with Crippen molar-refractivity contribution in [2.45, 2.75) is 148 Å². The van der Waals surface area contributed by atoms with Crippen LogP contribution >= 0.6 is 11.3 Å². The van der Waals surface area contributed by atoms with Gasteiger partial charge in [-0.25, -0.2) is 0 Å². The molecule has 0 saturated carbocycles. The van der Waals surface area contributed by atoms with Gasteiger partial charge in [-0.05, 0) is 65.2 Å². The fourth-order valence-electron chi connectivity index (χ4n) is 7.07. The molecule has 0 fully saturated rings. The van der Waals surface area contributed by atoms with Crippen LogP contribution in [0, 0.1) is 0 Å². The van der Waals surface area contributed by atoms with Gasteiger partial charge in [0.2, 0.25) is 0 Å². The molecule has 0 amide bonds. The van der Waals surface area contributed by atoms with Crippen molar-refractivity contribution in [2.24, 2.45) is 0 Å². The number of rotatable bonds is 28. The van der Waals surface area contributed by atoms with Crippen LogP contribution in [0.5, 0.6) is 11.5 Å². The summed E-state index contributed by atoms with van der Waals surface area (Å²) in [4.78, 5) is 1.14. The Kier molecular flexibility index (Phi) is 19.3. The molecule has 0 saturated heterocycles. The second kappa shape index (κ2) is 24.2. The maximum atomic E-state index is 12.9. The van der Waals surface area contributed by atoms with Crippen LogP contribution in [0.15, 0.2) is 90.3 Å². The summed E-state index contributed by atoms with van der Waals surface area (Å²) in [5, 5.41) is 15.0. The third kappa shape index (κ3) is 13.8. The highest BCUT2D eigenvalue weighted by Gasteiger charge is 2.36. The van der Waals surface area contributed by atoms with Gasteiger partial charge in [-0.3, -0.25) is 0 Å². The van der Waals surface area contributed by atoms with Crippen molar-refractivity contribution >= 4 is 11.3 Å². The maximum Gasteiger partial charge on any atom is 0.141 e. The van der Waals surface area contributed by atoms with Crippen LogP contribution in [0.3, 0.4) is 0 Å². The number of benzene rings is 3. The summed E-state index contributed by atoms with van der Waals surface area (Å²) in [5.74, 6) is 1.69. The van der Waals surface area contributed by atoms with Crippen LogP contribution in [0.4, 0.5) is 0 Å². The normalized spacial score (nSPS) is 11.6. The molecule has 4 rings (SSSR count). The summed E-state index contributed by atoms with van der Waals surface area (Å²) >= 11 is 1.69. The van der Waals surface area contributed by atoms with E-state index in [1.165, 1.54) is 116 Å². The third-order valence-corrected chi connectivity index (χ3v) is 11.1. The van der Waals surface area contributed by atoms with Crippen LogP contribution in [-0.4, -0.2) is 18.3 Å². The number of aliphatic hydroxyl groups is 1. The van der Waals surface area contributed by atoms with E-state index in [1.807, 2.05) is 60.7 Å². The Morgan fingerprint density at radius 1 is 0.471 bits per heavy atom. The van der Waals surface area contributed by atoms with E-state index in [4.69, 9.17) is 9.47 Å². The largest absolute Gasteiger partial charge is 0.494 e. The van der Waals surface area contributed by atoms with Gasteiger partial charge in [0.25, 0.3) is 0 Å². The minimum atomic E-state index is -1.36. The van der Waals surface area contributed by atoms with Gasteiger partial charge in [-0.2, -0.15) is 0 Å². The first-order valence-corrected chi connectivity index (χ1v) is 21.4. The molecule has 0 unspecified atom stereocenters. The zero-order chi connectivity index (χ0) is 35.8. The molecule has 3 aromatic carbocycles. The third-order valence-electron chi connectivity index (χ3n) is 10.2. The standard InChI is InChI=1S/C47H66O3S/c1-3-5-7-9-11-13-15-17-19-23-37-49-42-33-29-40(30-34-42)47(48,45-27-22-21-26-44(45)46-28-25-39-51-46)41-31-35-43(36-32-41)50-38-24-20-18-16-14-12-10-8-6-4-2/h21-22,25-36,39,48H,3-20,23-24,37-38H2,1-2H3. The van der Waals surface area contributed by atoms with E-state index in [-0.39, 0.29) is 0 Å². The monoisotopic (exact) mass is 710 g/mol. The maximum absolute atomic E-state index is 12.9. The highest BCUT2D eigenvalue weighted by molar-refractivity contribution is 7.13. The van der Waals surface area contributed by atoms with Crippen LogP contribution in [0.1, 0.15) is 159 Å². The predicted octanol–water partition coefficient (Wildman–Crippen LogP) is 14.3. The van der Waals surface area contributed by atoms with Crippen molar-refractivity contribution in [1.29, 1.82) is 0 Å². The number of unbranched alkanes of at least 4 members (excludes halogenated alkanes) is 18. The van der Waals surface area contributed by atoms with Crippen LogP contribution < -0.4 is 9.47 Å². The predicted molar refractivity (Wildman–Crippen MR) is 219 cm³/mol. The second-order valence-corrected chi connectivity index (χ2v) is 15.3.